The zero-order chi connectivity index (χ0) is 30.4. The lowest BCUT2D eigenvalue weighted by atomic mass is 10.0. The van der Waals surface area contributed by atoms with Crippen molar-refractivity contribution in [2.75, 3.05) is 6.54 Å². The molecule has 0 aliphatic heterocycles. The van der Waals surface area contributed by atoms with Crippen molar-refractivity contribution in [1.29, 1.82) is 0 Å². The number of carbonyl (C=O) groups excluding carboxylic acids is 3. The van der Waals surface area contributed by atoms with Gasteiger partial charge in [-0.3, -0.25) is 14.4 Å². The number of ether oxygens (including phenoxy) is 4. The molecule has 224 valence electrons. The Morgan fingerprint density at radius 3 is 1.95 bits per heavy atom. The minimum Gasteiger partial charge on any atom is -0.480 e. The topological polar surface area (TPSA) is 137 Å². The van der Waals surface area contributed by atoms with Crippen molar-refractivity contribution in [3.8, 4) is 17.2 Å². The molecule has 0 aliphatic carbocycles. The number of carbonyl (C=O) groups is 4. The lowest BCUT2D eigenvalue weighted by molar-refractivity contribution is -0.139. The quantitative estimate of drug-likeness (QED) is 0.150. The predicted octanol–water partition coefficient (Wildman–Crippen LogP) is 5.56. The molecule has 0 heterocycles. The van der Waals surface area contributed by atoms with Crippen LogP contribution in [0.3, 0.4) is 0 Å². The zero-order valence-electron chi connectivity index (χ0n) is 24.4. The Hall–Kier alpha value is -3.92. The summed E-state index contributed by atoms with van der Waals surface area (Å²) in [6.07, 6.45) is 0.439. The molecular weight excluding hydrogens is 530 g/mol. The lowest BCUT2D eigenvalue weighted by Crippen LogP contribution is -2.42. The van der Waals surface area contributed by atoms with Crippen molar-refractivity contribution in [2.45, 2.75) is 78.9 Å². The fraction of sp³-hybridized carbons (Fsp3) is 0.484. The fourth-order valence-corrected chi connectivity index (χ4v) is 3.64. The van der Waals surface area contributed by atoms with Crippen molar-refractivity contribution >= 4 is 24.1 Å². The van der Waals surface area contributed by atoms with Crippen LogP contribution in [0.15, 0.2) is 48.5 Å². The molecule has 0 amide bonds. The molecule has 3 unspecified atom stereocenters. The van der Waals surface area contributed by atoms with Gasteiger partial charge >= 0.3 is 24.1 Å². The minimum absolute atomic E-state index is 0.0214. The lowest BCUT2D eigenvalue weighted by Gasteiger charge is -2.19. The van der Waals surface area contributed by atoms with E-state index in [-0.39, 0.29) is 49.1 Å². The summed E-state index contributed by atoms with van der Waals surface area (Å²) < 4.78 is 21.4. The molecule has 2 aromatic rings. The van der Waals surface area contributed by atoms with Crippen LogP contribution in [0.4, 0.5) is 4.79 Å². The number of carboxylic acid groups (broad SMARTS) is 1. The van der Waals surface area contributed by atoms with Crippen molar-refractivity contribution < 1.29 is 43.2 Å². The molecule has 10 heteroatoms. The summed E-state index contributed by atoms with van der Waals surface area (Å²) in [6.45, 7) is 9.47. The fourth-order valence-electron chi connectivity index (χ4n) is 3.64. The summed E-state index contributed by atoms with van der Waals surface area (Å²) >= 11 is 0. The molecule has 0 aliphatic rings. The third kappa shape index (κ3) is 12.4. The zero-order valence-corrected chi connectivity index (χ0v) is 24.4. The van der Waals surface area contributed by atoms with E-state index in [0.29, 0.717) is 11.3 Å². The van der Waals surface area contributed by atoms with E-state index in [1.165, 1.54) is 12.1 Å². The molecule has 2 N–H and O–H groups in total. The maximum Gasteiger partial charge on any atom is 0.514 e. The summed E-state index contributed by atoms with van der Waals surface area (Å²) in [5.41, 5.74) is 0.537. The Bertz CT molecular complexity index is 1150. The van der Waals surface area contributed by atoms with Crippen LogP contribution in [-0.2, 0) is 25.5 Å². The summed E-state index contributed by atoms with van der Waals surface area (Å²) in [5.74, 6) is -1.33. The normalized spacial score (nSPS) is 13.8. The van der Waals surface area contributed by atoms with Crippen molar-refractivity contribution in [1.82, 2.24) is 5.32 Å². The van der Waals surface area contributed by atoms with Gasteiger partial charge in [-0.05, 0) is 55.0 Å². The Labute approximate surface area is 241 Å². The van der Waals surface area contributed by atoms with Crippen LogP contribution in [0.25, 0.3) is 0 Å². The average Bonchev–Trinajstić information content (AvgIpc) is 2.92. The highest BCUT2D eigenvalue weighted by Crippen LogP contribution is 2.31. The first-order valence-corrected chi connectivity index (χ1v) is 13.9. The summed E-state index contributed by atoms with van der Waals surface area (Å²) in [7, 11) is 0. The standard InChI is InChI=1S/C31H41NO9/c1-6-20(3)15-28(33)40-26-14-13-23(18-27(26)41-29(34)16-21(4)7-2)17-25(30(35)36)32-19-22(5)38-31(37)39-24-11-9-8-10-12-24/h8-14,18,20-22,25,32H,6-7,15-17,19H2,1-5H3,(H,35,36)/t20?,21?,22?,25-/m0/s1. The van der Waals surface area contributed by atoms with Crippen LogP contribution in [0.1, 0.15) is 65.9 Å². The number of para-hydroxylation sites is 1. The SMILES string of the molecule is CCC(C)CC(=O)Oc1ccc(C[C@H](NCC(C)OC(=O)Oc2ccccc2)C(=O)O)cc1OC(=O)CC(C)CC. The third-order valence-corrected chi connectivity index (χ3v) is 6.51. The average molecular weight is 572 g/mol. The van der Waals surface area contributed by atoms with Gasteiger partial charge in [-0.15, -0.1) is 0 Å². The Morgan fingerprint density at radius 2 is 1.39 bits per heavy atom. The van der Waals surface area contributed by atoms with Crippen LogP contribution >= 0.6 is 0 Å². The number of nitrogens with one attached hydrogen (secondary N) is 1. The van der Waals surface area contributed by atoms with E-state index >= 15 is 0 Å². The molecule has 0 bridgehead atoms. The monoisotopic (exact) mass is 571 g/mol. The van der Waals surface area contributed by atoms with Crippen LogP contribution in [0.5, 0.6) is 17.2 Å². The second kappa shape index (κ2) is 17.0. The van der Waals surface area contributed by atoms with Gasteiger partial charge in [0, 0.05) is 19.4 Å². The molecule has 10 nitrogen and oxygen atoms in total. The maximum atomic E-state index is 12.5. The van der Waals surface area contributed by atoms with Crippen LogP contribution in [-0.4, -0.2) is 47.9 Å². The molecule has 41 heavy (non-hydrogen) atoms. The molecular formula is C31H41NO9. The highest BCUT2D eigenvalue weighted by atomic mass is 16.7. The van der Waals surface area contributed by atoms with E-state index < -0.39 is 36.2 Å². The van der Waals surface area contributed by atoms with E-state index in [4.69, 9.17) is 18.9 Å². The largest absolute Gasteiger partial charge is 0.514 e. The number of hydrogen-bond acceptors (Lipinski definition) is 9. The van der Waals surface area contributed by atoms with Crippen LogP contribution in [0, 0.1) is 11.8 Å². The van der Waals surface area contributed by atoms with E-state index in [1.54, 1.807) is 43.3 Å². The third-order valence-electron chi connectivity index (χ3n) is 6.51. The van der Waals surface area contributed by atoms with Crippen LogP contribution in [0.2, 0.25) is 0 Å². The van der Waals surface area contributed by atoms with Gasteiger partial charge < -0.3 is 29.4 Å². The molecule has 2 aromatic carbocycles. The van der Waals surface area contributed by atoms with Gasteiger partial charge in [-0.2, -0.15) is 0 Å². The first-order chi connectivity index (χ1) is 19.5. The maximum absolute atomic E-state index is 12.5. The van der Waals surface area contributed by atoms with Gasteiger partial charge in [0.1, 0.15) is 17.9 Å². The first kappa shape index (κ1) is 33.3. The van der Waals surface area contributed by atoms with Crippen molar-refractivity contribution in [2.24, 2.45) is 11.8 Å². The second-order valence-corrected chi connectivity index (χ2v) is 10.3. The summed E-state index contributed by atoms with van der Waals surface area (Å²) in [6, 6.07) is 12.0. The highest BCUT2D eigenvalue weighted by molar-refractivity contribution is 5.77. The molecule has 4 atom stereocenters. The van der Waals surface area contributed by atoms with E-state index in [2.05, 4.69) is 5.32 Å². The molecule has 0 fully saturated rings. The van der Waals surface area contributed by atoms with Gasteiger partial charge in [0.05, 0.1) is 0 Å². The number of benzene rings is 2. The molecule has 2 rings (SSSR count). The number of carboxylic acids is 1. The first-order valence-electron chi connectivity index (χ1n) is 13.9. The predicted molar refractivity (Wildman–Crippen MR) is 152 cm³/mol. The molecule has 0 saturated carbocycles. The van der Waals surface area contributed by atoms with E-state index in [9.17, 15) is 24.3 Å². The van der Waals surface area contributed by atoms with Crippen molar-refractivity contribution in [3.63, 3.8) is 0 Å². The van der Waals surface area contributed by atoms with Crippen molar-refractivity contribution in [3.05, 3.63) is 54.1 Å². The van der Waals surface area contributed by atoms with Crippen LogP contribution < -0.4 is 19.5 Å². The van der Waals surface area contributed by atoms with Gasteiger partial charge in [-0.25, -0.2) is 4.79 Å². The number of esters is 2. The van der Waals surface area contributed by atoms with Gasteiger partial charge in [0.15, 0.2) is 11.5 Å². The van der Waals surface area contributed by atoms with Gasteiger partial charge in [0.2, 0.25) is 0 Å². The van der Waals surface area contributed by atoms with E-state index in [0.717, 1.165) is 12.8 Å². The summed E-state index contributed by atoms with van der Waals surface area (Å²) in [4.78, 5) is 49.0. The number of hydrogen-bond donors (Lipinski definition) is 2. The second-order valence-electron chi connectivity index (χ2n) is 10.3. The minimum atomic E-state index is -1.12. The number of rotatable bonds is 16. The molecule has 0 saturated heterocycles. The Balaban J connectivity index is 2.09. The highest BCUT2D eigenvalue weighted by Gasteiger charge is 2.23. The van der Waals surface area contributed by atoms with Gasteiger partial charge in [0.25, 0.3) is 0 Å². The summed E-state index contributed by atoms with van der Waals surface area (Å²) in [5, 5.41) is 12.7. The molecule has 0 aromatic heterocycles. The smallest absolute Gasteiger partial charge is 0.480 e. The Kier molecular flexibility index (Phi) is 13.8. The van der Waals surface area contributed by atoms with E-state index in [1.807, 2.05) is 27.7 Å². The Morgan fingerprint density at radius 1 is 0.805 bits per heavy atom. The van der Waals surface area contributed by atoms with Gasteiger partial charge in [-0.1, -0.05) is 64.8 Å². The number of aliphatic carboxylic acids is 1. The molecule has 0 radical (unpaired) electrons. The molecule has 0 spiro atoms.